The van der Waals surface area contributed by atoms with Gasteiger partial charge in [-0.1, -0.05) is 31.2 Å². The van der Waals surface area contributed by atoms with Crippen molar-refractivity contribution in [3.63, 3.8) is 0 Å². The minimum absolute atomic E-state index is 0.0188. The molecule has 108 valence electrons. The molecule has 5 heteroatoms. The minimum atomic E-state index is -1.29. The van der Waals surface area contributed by atoms with Gasteiger partial charge in [-0.2, -0.15) is 0 Å². The van der Waals surface area contributed by atoms with E-state index in [2.05, 4.69) is 0 Å². The summed E-state index contributed by atoms with van der Waals surface area (Å²) < 4.78 is 0. The molecule has 1 aliphatic heterocycles. The van der Waals surface area contributed by atoms with Crippen molar-refractivity contribution in [1.29, 1.82) is 0 Å². The van der Waals surface area contributed by atoms with E-state index in [0.717, 1.165) is 0 Å². The number of imide groups is 1. The molecular weight excluding hydrogens is 270 g/mol. The number of carboxylic acid groups (broad SMARTS) is 1. The number of benzene rings is 1. The fourth-order valence-corrected chi connectivity index (χ4v) is 3.15. The van der Waals surface area contributed by atoms with Gasteiger partial charge in [-0.05, 0) is 30.0 Å². The van der Waals surface area contributed by atoms with Gasteiger partial charge in [0.25, 0.3) is 0 Å². The number of amides is 2. The van der Waals surface area contributed by atoms with E-state index >= 15 is 0 Å². The minimum Gasteiger partial charge on any atom is -0.545 e. The van der Waals surface area contributed by atoms with Crippen LogP contribution in [0.15, 0.2) is 36.4 Å². The molecule has 2 amide bonds. The summed E-state index contributed by atoms with van der Waals surface area (Å²) in [5.41, 5.74) is 0.432. The Morgan fingerprint density at radius 1 is 1.19 bits per heavy atom. The third-order valence-electron chi connectivity index (χ3n) is 4.23. The predicted octanol–water partition coefficient (Wildman–Crippen LogP) is 0.752. The van der Waals surface area contributed by atoms with Crippen LogP contribution in [0.1, 0.15) is 23.7 Å². The maximum Gasteiger partial charge on any atom is 0.238 e. The molecule has 2 aliphatic rings. The average Bonchev–Trinajstić information content (AvgIpc) is 2.72. The van der Waals surface area contributed by atoms with E-state index < -0.39 is 5.97 Å². The highest BCUT2D eigenvalue weighted by atomic mass is 16.4. The van der Waals surface area contributed by atoms with E-state index in [4.69, 9.17) is 0 Å². The fourth-order valence-electron chi connectivity index (χ4n) is 3.15. The van der Waals surface area contributed by atoms with Gasteiger partial charge in [0.15, 0.2) is 0 Å². The highest BCUT2D eigenvalue weighted by Crippen LogP contribution is 2.40. The molecule has 5 nitrogen and oxygen atoms in total. The molecule has 3 atom stereocenters. The van der Waals surface area contributed by atoms with Crippen molar-refractivity contribution < 1.29 is 19.5 Å². The number of anilines is 1. The number of aromatic carboxylic acids is 1. The van der Waals surface area contributed by atoms with Crippen LogP contribution in [-0.2, 0) is 9.59 Å². The van der Waals surface area contributed by atoms with Crippen LogP contribution < -0.4 is 10.0 Å². The Morgan fingerprint density at radius 3 is 2.43 bits per heavy atom. The summed E-state index contributed by atoms with van der Waals surface area (Å²) in [5, 5.41) is 10.7. The van der Waals surface area contributed by atoms with Gasteiger partial charge < -0.3 is 9.90 Å². The number of carbonyl (C=O) groups is 3. The number of carbonyl (C=O) groups excluding carboxylic acids is 3. The van der Waals surface area contributed by atoms with Gasteiger partial charge in [0.1, 0.15) is 0 Å². The van der Waals surface area contributed by atoms with Crippen LogP contribution in [0.3, 0.4) is 0 Å². The van der Waals surface area contributed by atoms with Gasteiger partial charge >= 0.3 is 0 Å². The number of rotatable bonds is 2. The number of hydrogen-bond acceptors (Lipinski definition) is 4. The molecule has 0 radical (unpaired) electrons. The second-order valence-corrected chi connectivity index (χ2v) is 5.50. The monoisotopic (exact) mass is 284 g/mol. The maximum absolute atomic E-state index is 12.5. The van der Waals surface area contributed by atoms with Gasteiger partial charge in [0.05, 0.1) is 23.5 Å². The van der Waals surface area contributed by atoms with Crippen molar-refractivity contribution in [3.05, 3.63) is 42.0 Å². The molecule has 0 aromatic heterocycles. The van der Waals surface area contributed by atoms with Crippen LogP contribution in [0.25, 0.3) is 0 Å². The molecule has 1 aromatic rings. The largest absolute Gasteiger partial charge is 0.545 e. The molecule has 1 aromatic carbocycles. The Labute approximate surface area is 121 Å². The van der Waals surface area contributed by atoms with E-state index in [0.29, 0.717) is 12.1 Å². The summed E-state index contributed by atoms with van der Waals surface area (Å²) in [6.07, 6.45) is 4.49. The van der Waals surface area contributed by atoms with E-state index in [-0.39, 0.29) is 35.1 Å². The lowest BCUT2D eigenvalue weighted by atomic mass is 9.78. The quantitative estimate of drug-likeness (QED) is 0.593. The van der Waals surface area contributed by atoms with Crippen LogP contribution in [0.4, 0.5) is 5.69 Å². The zero-order chi connectivity index (χ0) is 15.1. The molecule has 0 spiro atoms. The summed E-state index contributed by atoms with van der Waals surface area (Å²) in [5.74, 6) is -2.29. The molecule has 21 heavy (non-hydrogen) atoms. The Balaban J connectivity index is 1.94. The lowest BCUT2D eigenvalue weighted by Crippen LogP contribution is -2.31. The summed E-state index contributed by atoms with van der Waals surface area (Å²) in [6.45, 7) is 1.93. The summed E-state index contributed by atoms with van der Waals surface area (Å²) in [4.78, 5) is 36.9. The lowest BCUT2D eigenvalue weighted by molar-refractivity contribution is -0.255. The van der Waals surface area contributed by atoms with Gasteiger partial charge in [0.2, 0.25) is 11.8 Å². The molecule has 1 heterocycles. The average molecular weight is 284 g/mol. The fraction of sp³-hybridized carbons (Fsp3) is 0.312. The third-order valence-corrected chi connectivity index (χ3v) is 4.23. The van der Waals surface area contributed by atoms with Gasteiger partial charge in [-0.3, -0.25) is 14.5 Å². The molecule has 1 fully saturated rings. The zero-order valence-electron chi connectivity index (χ0n) is 11.5. The van der Waals surface area contributed by atoms with Crippen LogP contribution in [0.5, 0.6) is 0 Å². The first-order valence-electron chi connectivity index (χ1n) is 6.86. The molecule has 1 saturated heterocycles. The van der Waals surface area contributed by atoms with Gasteiger partial charge in [-0.15, -0.1) is 0 Å². The van der Waals surface area contributed by atoms with Crippen LogP contribution >= 0.6 is 0 Å². The number of carboxylic acids is 1. The second kappa shape index (κ2) is 4.84. The first kappa shape index (κ1) is 13.5. The maximum atomic E-state index is 12.5. The van der Waals surface area contributed by atoms with Gasteiger partial charge in [0, 0.05) is 0 Å². The van der Waals surface area contributed by atoms with Crippen molar-refractivity contribution in [2.45, 2.75) is 13.3 Å². The van der Waals surface area contributed by atoms with Gasteiger partial charge in [-0.25, -0.2) is 0 Å². The molecule has 1 aliphatic carbocycles. The predicted molar refractivity (Wildman–Crippen MR) is 73.2 cm³/mol. The van der Waals surface area contributed by atoms with Crippen molar-refractivity contribution in [2.24, 2.45) is 17.8 Å². The van der Waals surface area contributed by atoms with Crippen LogP contribution in [0.2, 0.25) is 0 Å². The topological polar surface area (TPSA) is 77.5 Å². The van der Waals surface area contributed by atoms with Crippen molar-refractivity contribution in [1.82, 2.24) is 0 Å². The van der Waals surface area contributed by atoms with Crippen molar-refractivity contribution in [3.8, 4) is 0 Å². The number of nitrogens with zero attached hydrogens (tertiary/aromatic N) is 1. The SMILES string of the molecule is C[C@H]1C=CC[C@@H]2C(=O)N(c3ccc(C(=O)[O-])cc3)C(=O)[C@@H]21. The molecule has 0 N–H and O–H groups in total. The highest BCUT2D eigenvalue weighted by Gasteiger charge is 2.50. The second-order valence-electron chi connectivity index (χ2n) is 5.50. The van der Waals surface area contributed by atoms with Crippen LogP contribution in [0, 0.1) is 17.8 Å². The van der Waals surface area contributed by atoms with Crippen LogP contribution in [-0.4, -0.2) is 17.8 Å². The highest BCUT2D eigenvalue weighted by molar-refractivity contribution is 6.22. The Morgan fingerprint density at radius 2 is 1.86 bits per heavy atom. The summed E-state index contributed by atoms with van der Waals surface area (Å²) in [6, 6.07) is 5.62. The zero-order valence-corrected chi connectivity index (χ0v) is 11.5. The third kappa shape index (κ3) is 2.05. The van der Waals surface area contributed by atoms with E-state index in [1.165, 1.54) is 29.2 Å². The first-order valence-corrected chi connectivity index (χ1v) is 6.86. The smallest absolute Gasteiger partial charge is 0.238 e. The number of fused-ring (bicyclic) bond motifs is 1. The molecule has 3 rings (SSSR count). The molecule has 0 bridgehead atoms. The number of hydrogen-bond donors (Lipinski definition) is 0. The number of allylic oxidation sites excluding steroid dienone is 2. The Bertz CT molecular complexity index is 647. The first-order chi connectivity index (χ1) is 10.0. The van der Waals surface area contributed by atoms with E-state index in [9.17, 15) is 19.5 Å². The lowest BCUT2D eigenvalue weighted by Gasteiger charge is -2.22. The van der Waals surface area contributed by atoms with E-state index in [1.807, 2.05) is 19.1 Å². The standard InChI is InChI=1S/C16H15NO4/c1-9-3-2-4-12-13(9)15(19)17(14(12)18)11-7-5-10(6-8-11)16(20)21/h2-3,5-9,12-13H,4H2,1H3,(H,20,21)/p-1/t9-,12-,13+/m0/s1. The Hall–Kier alpha value is -2.43. The molecular formula is C16H14NO4-. The summed E-state index contributed by atoms with van der Waals surface area (Å²) >= 11 is 0. The molecule has 0 saturated carbocycles. The van der Waals surface area contributed by atoms with Crippen molar-refractivity contribution in [2.75, 3.05) is 4.90 Å². The Kier molecular flexibility index (Phi) is 3.12. The van der Waals surface area contributed by atoms with E-state index in [1.54, 1.807) is 0 Å². The summed E-state index contributed by atoms with van der Waals surface area (Å²) in [7, 11) is 0. The normalized spacial score (nSPS) is 27.9. The van der Waals surface area contributed by atoms with Crippen molar-refractivity contribution >= 4 is 23.5 Å². The molecule has 0 unspecified atom stereocenters.